The van der Waals surface area contributed by atoms with Gasteiger partial charge in [-0.15, -0.1) is 0 Å². The third kappa shape index (κ3) is 4.03. The molecule has 0 saturated heterocycles. The minimum Gasteiger partial charge on any atom is -0.349 e. The molecule has 7 heteroatoms. The minimum absolute atomic E-state index is 0.107. The van der Waals surface area contributed by atoms with Crippen molar-refractivity contribution < 1.29 is 17.6 Å². The maximum absolute atomic E-state index is 13.5. The summed E-state index contributed by atoms with van der Waals surface area (Å²) in [5.74, 6) is 1.26. The predicted molar refractivity (Wildman–Crippen MR) is 121 cm³/mol. The van der Waals surface area contributed by atoms with Crippen LogP contribution in [-0.4, -0.2) is 26.4 Å². The number of carbonyl (C=O) groups excluding carboxylic acids is 1. The standard InChI is InChI=1S/C25H29FN2O3S/c1-17-2-8-23(9-3-17)32(30,31)28(22-6-4-21(26)5-7-22)16-24(29)27-25-13-18-10-19(14-25)12-20(11-18)15-25/h2-9,18-20H,10-16H2,1H3,(H,27,29). The number of halogens is 1. The number of hydrogen-bond donors (Lipinski definition) is 1. The molecular weight excluding hydrogens is 427 g/mol. The molecule has 4 aliphatic rings. The molecule has 0 spiro atoms. The van der Waals surface area contributed by atoms with Gasteiger partial charge in [0, 0.05) is 5.54 Å². The number of hydrogen-bond acceptors (Lipinski definition) is 3. The van der Waals surface area contributed by atoms with Crippen molar-refractivity contribution in [1.82, 2.24) is 5.32 Å². The van der Waals surface area contributed by atoms with E-state index in [2.05, 4.69) is 5.32 Å². The topological polar surface area (TPSA) is 66.5 Å². The van der Waals surface area contributed by atoms with Gasteiger partial charge in [0.25, 0.3) is 10.0 Å². The lowest BCUT2D eigenvalue weighted by atomic mass is 9.53. The van der Waals surface area contributed by atoms with Crippen LogP contribution in [-0.2, 0) is 14.8 Å². The van der Waals surface area contributed by atoms with E-state index < -0.39 is 15.8 Å². The Hall–Kier alpha value is -2.41. The van der Waals surface area contributed by atoms with Crippen LogP contribution >= 0.6 is 0 Å². The van der Waals surface area contributed by atoms with E-state index in [4.69, 9.17) is 0 Å². The number of rotatable bonds is 6. The summed E-state index contributed by atoms with van der Waals surface area (Å²) in [5, 5.41) is 3.25. The predicted octanol–water partition coefficient (Wildman–Crippen LogP) is 4.41. The zero-order chi connectivity index (χ0) is 22.5. The van der Waals surface area contributed by atoms with Gasteiger partial charge in [0.05, 0.1) is 10.6 Å². The second-order valence-electron chi connectivity index (χ2n) is 10.0. The first-order valence-electron chi connectivity index (χ1n) is 11.4. The maximum atomic E-state index is 13.5. The molecule has 0 heterocycles. The van der Waals surface area contributed by atoms with Crippen LogP contribution in [0.5, 0.6) is 0 Å². The Kier molecular flexibility index (Phi) is 5.27. The molecule has 0 unspecified atom stereocenters. The lowest BCUT2D eigenvalue weighted by Gasteiger charge is -2.57. The zero-order valence-electron chi connectivity index (χ0n) is 18.3. The van der Waals surface area contributed by atoms with Crippen molar-refractivity contribution in [2.45, 2.75) is 55.9 Å². The van der Waals surface area contributed by atoms with Gasteiger partial charge in [0.2, 0.25) is 5.91 Å². The SMILES string of the molecule is Cc1ccc(S(=O)(=O)N(CC(=O)NC23CC4CC(CC(C4)C2)C3)c2ccc(F)cc2)cc1. The van der Waals surface area contributed by atoms with Gasteiger partial charge in [0.1, 0.15) is 12.4 Å². The first kappa shape index (κ1) is 21.4. The molecular formula is C25H29FN2O3S. The van der Waals surface area contributed by atoms with Crippen LogP contribution in [0, 0.1) is 30.5 Å². The third-order valence-corrected chi connectivity index (χ3v) is 9.24. The van der Waals surface area contributed by atoms with E-state index in [0.717, 1.165) is 29.1 Å². The number of carbonyl (C=O) groups is 1. The highest BCUT2D eigenvalue weighted by molar-refractivity contribution is 7.92. The van der Waals surface area contributed by atoms with E-state index in [-0.39, 0.29) is 28.6 Å². The largest absolute Gasteiger partial charge is 0.349 e. The van der Waals surface area contributed by atoms with Crippen molar-refractivity contribution >= 4 is 21.6 Å². The Labute approximate surface area is 189 Å². The average molecular weight is 457 g/mol. The van der Waals surface area contributed by atoms with Crippen LogP contribution < -0.4 is 9.62 Å². The fourth-order valence-corrected chi connectivity index (χ4v) is 7.91. The Balaban J connectivity index is 1.41. The van der Waals surface area contributed by atoms with Gasteiger partial charge >= 0.3 is 0 Å². The van der Waals surface area contributed by atoms with Crippen molar-refractivity contribution in [1.29, 1.82) is 0 Å². The number of anilines is 1. The van der Waals surface area contributed by atoms with Crippen molar-refractivity contribution in [2.75, 3.05) is 10.8 Å². The minimum atomic E-state index is -3.99. The summed E-state index contributed by atoms with van der Waals surface area (Å²) in [6.45, 7) is 1.55. The monoisotopic (exact) mass is 456 g/mol. The summed E-state index contributed by atoms with van der Waals surface area (Å²) in [5.41, 5.74) is 1.01. The number of aryl methyl sites for hydroxylation is 1. The Bertz CT molecular complexity index is 1080. The highest BCUT2D eigenvalue weighted by Gasteiger charge is 2.51. The average Bonchev–Trinajstić information content (AvgIpc) is 2.72. The van der Waals surface area contributed by atoms with Gasteiger partial charge in [0.15, 0.2) is 0 Å². The summed E-state index contributed by atoms with van der Waals surface area (Å²) in [6, 6.07) is 11.8. The zero-order valence-corrected chi connectivity index (χ0v) is 19.1. The van der Waals surface area contributed by atoms with E-state index in [1.807, 2.05) is 6.92 Å². The fourth-order valence-electron chi connectivity index (χ4n) is 6.49. The molecule has 2 aromatic rings. The van der Waals surface area contributed by atoms with E-state index in [1.165, 1.54) is 55.7 Å². The fraction of sp³-hybridized carbons (Fsp3) is 0.480. The molecule has 4 bridgehead atoms. The third-order valence-electron chi connectivity index (χ3n) is 7.45. The molecule has 5 nitrogen and oxygen atoms in total. The molecule has 6 rings (SSSR count). The van der Waals surface area contributed by atoms with E-state index >= 15 is 0 Å². The molecule has 0 aliphatic heterocycles. The van der Waals surface area contributed by atoms with Gasteiger partial charge in [-0.3, -0.25) is 9.10 Å². The van der Waals surface area contributed by atoms with Crippen LogP contribution in [0.2, 0.25) is 0 Å². The molecule has 1 N–H and O–H groups in total. The quantitative estimate of drug-likeness (QED) is 0.700. The second kappa shape index (κ2) is 7.87. The van der Waals surface area contributed by atoms with Crippen LogP contribution in [0.3, 0.4) is 0 Å². The van der Waals surface area contributed by atoms with Crippen LogP contribution in [0.4, 0.5) is 10.1 Å². The smallest absolute Gasteiger partial charge is 0.264 e. The molecule has 0 atom stereocenters. The summed E-state index contributed by atoms with van der Waals surface area (Å²) in [6.07, 6.45) is 6.76. The van der Waals surface area contributed by atoms with Crippen molar-refractivity contribution in [3.05, 3.63) is 59.9 Å². The van der Waals surface area contributed by atoms with Crippen LogP contribution in [0.25, 0.3) is 0 Å². The molecule has 4 fully saturated rings. The van der Waals surface area contributed by atoms with E-state index in [0.29, 0.717) is 17.8 Å². The Morgan fingerprint density at radius 3 is 2.03 bits per heavy atom. The summed E-state index contributed by atoms with van der Waals surface area (Å²) >= 11 is 0. The number of amides is 1. The Morgan fingerprint density at radius 1 is 0.969 bits per heavy atom. The molecule has 170 valence electrons. The Morgan fingerprint density at radius 2 is 1.50 bits per heavy atom. The summed E-state index contributed by atoms with van der Waals surface area (Å²) < 4.78 is 41.6. The number of sulfonamides is 1. The van der Waals surface area contributed by atoms with Crippen LogP contribution in [0.15, 0.2) is 53.4 Å². The maximum Gasteiger partial charge on any atom is 0.264 e. The highest BCUT2D eigenvalue weighted by Crippen LogP contribution is 2.55. The first-order chi connectivity index (χ1) is 15.2. The molecule has 32 heavy (non-hydrogen) atoms. The molecule has 4 saturated carbocycles. The van der Waals surface area contributed by atoms with Gasteiger partial charge in [-0.05, 0) is 99.6 Å². The molecule has 0 aromatic heterocycles. The number of nitrogens with one attached hydrogen (secondary N) is 1. The highest BCUT2D eigenvalue weighted by atomic mass is 32.2. The first-order valence-corrected chi connectivity index (χ1v) is 12.8. The van der Waals surface area contributed by atoms with Crippen molar-refractivity contribution in [3.8, 4) is 0 Å². The lowest BCUT2D eigenvalue weighted by molar-refractivity contribution is -0.125. The number of benzene rings is 2. The molecule has 4 aliphatic carbocycles. The van der Waals surface area contributed by atoms with E-state index in [9.17, 15) is 17.6 Å². The molecule has 0 radical (unpaired) electrons. The van der Waals surface area contributed by atoms with Gasteiger partial charge in [-0.2, -0.15) is 0 Å². The van der Waals surface area contributed by atoms with Gasteiger partial charge < -0.3 is 5.32 Å². The molecule has 1 amide bonds. The number of nitrogens with zero attached hydrogens (tertiary/aromatic N) is 1. The van der Waals surface area contributed by atoms with Gasteiger partial charge in [-0.1, -0.05) is 17.7 Å². The van der Waals surface area contributed by atoms with Crippen molar-refractivity contribution in [2.24, 2.45) is 17.8 Å². The summed E-state index contributed by atoms with van der Waals surface area (Å²) in [4.78, 5) is 13.3. The normalized spacial score (nSPS) is 28.5. The lowest BCUT2D eigenvalue weighted by Crippen LogP contribution is -2.61. The van der Waals surface area contributed by atoms with Crippen molar-refractivity contribution in [3.63, 3.8) is 0 Å². The van der Waals surface area contributed by atoms with Gasteiger partial charge in [-0.25, -0.2) is 12.8 Å². The molecule has 2 aromatic carbocycles. The second-order valence-corrected chi connectivity index (χ2v) is 11.9. The van der Waals surface area contributed by atoms with E-state index in [1.54, 1.807) is 12.1 Å². The summed E-state index contributed by atoms with van der Waals surface area (Å²) in [7, 11) is -3.99. The van der Waals surface area contributed by atoms with Crippen LogP contribution in [0.1, 0.15) is 44.1 Å².